The number of hydrogen-bond acceptors (Lipinski definition) is 1. The van der Waals surface area contributed by atoms with Crippen molar-refractivity contribution in [2.45, 2.75) is 16.3 Å². The molecule has 1 aromatic carbocycles. The van der Waals surface area contributed by atoms with Crippen molar-refractivity contribution in [3.8, 4) is 0 Å². The largest absolute Gasteiger partial charge is 0.464 e. The van der Waals surface area contributed by atoms with Crippen LogP contribution >= 0.6 is 43.6 Å². The lowest BCUT2D eigenvalue weighted by atomic mass is 10.4. The molecule has 0 bridgehead atoms. The van der Waals surface area contributed by atoms with E-state index in [0.29, 0.717) is 8.95 Å². The molecule has 0 saturated carbocycles. The smallest absolute Gasteiger partial charge is 0.183 e. The summed E-state index contributed by atoms with van der Waals surface area (Å²) in [4.78, 5) is -0.208. The van der Waals surface area contributed by atoms with Crippen molar-refractivity contribution in [1.82, 2.24) is 0 Å². The molecule has 0 spiro atoms. The van der Waals surface area contributed by atoms with Gasteiger partial charge in [0.05, 0.1) is 0 Å². The summed E-state index contributed by atoms with van der Waals surface area (Å²) in [5.74, 6) is 0. The summed E-state index contributed by atoms with van der Waals surface area (Å²) in [6.45, 7) is 0. The van der Waals surface area contributed by atoms with Gasteiger partial charge in [-0.05, 0) is 23.9 Å². The van der Waals surface area contributed by atoms with Gasteiger partial charge in [0, 0.05) is 19.9 Å². The molecule has 16 heavy (non-hydrogen) atoms. The van der Waals surface area contributed by atoms with E-state index in [1.165, 1.54) is 0 Å². The van der Waals surface area contributed by atoms with Gasteiger partial charge in [-0.2, -0.15) is 22.0 Å². The Morgan fingerprint density at radius 2 is 1.44 bits per heavy atom. The summed E-state index contributed by atoms with van der Waals surface area (Å²) in [5.41, 5.74) is 0. The number of rotatable bonds is 2. The molecule has 1 radical (unpaired) electrons. The van der Waals surface area contributed by atoms with E-state index in [1.54, 1.807) is 0 Å². The van der Waals surface area contributed by atoms with Gasteiger partial charge in [0.2, 0.25) is 0 Å². The molecule has 0 nitrogen and oxygen atoms in total. The van der Waals surface area contributed by atoms with E-state index in [0.717, 1.165) is 12.1 Å². The highest BCUT2D eigenvalue weighted by molar-refractivity contribution is 9.11. The molecule has 1 rings (SSSR count). The summed E-state index contributed by atoms with van der Waals surface area (Å²) < 4.78 is 61.7. The zero-order valence-electron chi connectivity index (χ0n) is 7.21. The van der Waals surface area contributed by atoms with E-state index in [9.17, 15) is 22.0 Å². The Labute approximate surface area is 109 Å². The van der Waals surface area contributed by atoms with E-state index in [2.05, 4.69) is 37.9 Å². The van der Waals surface area contributed by atoms with Crippen LogP contribution in [0.1, 0.15) is 0 Å². The third-order valence-corrected chi connectivity index (χ3v) is 3.17. The molecule has 0 N–H and O–H groups in total. The van der Waals surface area contributed by atoms with Gasteiger partial charge in [0.15, 0.2) is 0 Å². The Kier molecular flexibility index (Phi) is 4.29. The van der Waals surface area contributed by atoms with Crippen molar-refractivity contribution in [2.75, 3.05) is 0 Å². The zero-order chi connectivity index (χ0) is 12.6. The predicted octanol–water partition coefficient (Wildman–Crippen LogP) is 5.26. The third kappa shape index (κ3) is 3.59. The maximum atomic E-state index is 12.7. The van der Waals surface area contributed by atoms with Gasteiger partial charge < -0.3 is 0 Å². The fraction of sp³-hybridized carbons (Fsp3) is 0.250. The summed E-state index contributed by atoms with van der Waals surface area (Å²) >= 11 is 5.33. The van der Waals surface area contributed by atoms with Crippen LogP contribution in [-0.2, 0) is 0 Å². The number of alkyl halides is 5. The molecule has 0 heterocycles. The van der Waals surface area contributed by atoms with Crippen molar-refractivity contribution < 1.29 is 22.0 Å². The fourth-order valence-electron chi connectivity index (χ4n) is 0.743. The standard InChI is InChI=1S/C8H2Br2F5S/c9-4-1-5(10)3-6(2-4)16-8(14,15)7(11,12)13/h2-3H. The molecule has 0 aromatic heterocycles. The molecule has 89 valence electrons. The predicted molar refractivity (Wildman–Crippen MR) is 57.5 cm³/mol. The highest BCUT2D eigenvalue weighted by Crippen LogP contribution is 2.48. The maximum absolute atomic E-state index is 12.7. The number of halogens is 7. The Morgan fingerprint density at radius 3 is 1.81 bits per heavy atom. The molecule has 0 fully saturated rings. The number of benzene rings is 1. The Bertz CT molecular complexity index is 370. The molecule has 0 aliphatic heterocycles. The molecule has 0 atom stereocenters. The number of hydrogen-bond donors (Lipinski definition) is 0. The van der Waals surface area contributed by atoms with Gasteiger partial charge in [0.25, 0.3) is 0 Å². The van der Waals surface area contributed by atoms with Gasteiger partial charge >= 0.3 is 11.4 Å². The molecular weight excluding hydrogens is 383 g/mol. The van der Waals surface area contributed by atoms with Crippen LogP contribution in [0.2, 0.25) is 0 Å². The summed E-state index contributed by atoms with van der Waals surface area (Å²) in [5, 5.41) is -4.81. The minimum absolute atomic E-state index is 0.208. The zero-order valence-corrected chi connectivity index (χ0v) is 11.2. The molecular formula is C8H2Br2F5S. The van der Waals surface area contributed by atoms with Gasteiger partial charge in [-0.25, -0.2) is 0 Å². The van der Waals surface area contributed by atoms with Crippen molar-refractivity contribution in [1.29, 1.82) is 0 Å². The van der Waals surface area contributed by atoms with E-state index >= 15 is 0 Å². The fourth-order valence-corrected chi connectivity index (χ4v) is 3.00. The topological polar surface area (TPSA) is 0 Å². The number of thioether (sulfide) groups is 1. The Balaban J connectivity index is 2.96. The molecule has 0 aliphatic carbocycles. The highest BCUT2D eigenvalue weighted by atomic mass is 79.9. The first-order chi connectivity index (χ1) is 7.12. The first-order valence-corrected chi connectivity index (χ1v) is 6.04. The summed E-state index contributed by atoms with van der Waals surface area (Å²) in [7, 11) is 0. The van der Waals surface area contributed by atoms with Crippen LogP contribution < -0.4 is 0 Å². The van der Waals surface area contributed by atoms with Crippen molar-refractivity contribution in [3.05, 3.63) is 27.1 Å². The Morgan fingerprint density at radius 1 is 1.00 bits per heavy atom. The molecule has 0 saturated heterocycles. The first kappa shape index (κ1) is 14.2. The van der Waals surface area contributed by atoms with Crippen LogP contribution in [0.25, 0.3) is 0 Å². The lowest BCUT2D eigenvalue weighted by Crippen LogP contribution is -2.32. The molecule has 8 heteroatoms. The Hall–Kier alpha value is 0.180. The SMILES string of the molecule is FC(F)(F)C(F)(F)Sc1cc(Br)[c]c(Br)c1. The second kappa shape index (κ2) is 4.81. The first-order valence-electron chi connectivity index (χ1n) is 3.64. The molecule has 0 unspecified atom stereocenters. The van der Waals surface area contributed by atoms with Gasteiger partial charge in [-0.3, -0.25) is 0 Å². The van der Waals surface area contributed by atoms with E-state index in [4.69, 9.17) is 0 Å². The summed E-state index contributed by atoms with van der Waals surface area (Å²) in [6.07, 6.45) is -5.57. The monoisotopic (exact) mass is 383 g/mol. The molecule has 0 amide bonds. The lowest BCUT2D eigenvalue weighted by molar-refractivity contribution is -0.237. The average Bonchev–Trinajstić information content (AvgIpc) is 1.97. The van der Waals surface area contributed by atoms with E-state index < -0.39 is 23.2 Å². The van der Waals surface area contributed by atoms with Crippen molar-refractivity contribution in [3.63, 3.8) is 0 Å². The maximum Gasteiger partial charge on any atom is 0.464 e. The summed E-state index contributed by atoms with van der Waals surface area (Å²) in [6, 6.07) is 4.90. The van der Waals surface area contributed by atoms with Gasteiger partial charge in [-0.15, -0.1) is 0 Å². The minimum Gasteiger partial charge on any atom is -0.183 e. The van der Waals surface area contributed by atoms with E-state index in [1.807, 2.05) is 0 Å². The lowest BCUT2D eigenvalue weighted by Gasteiger charge is -2.18. The van der Waals surface area contributed by atoms with Crippen LogP contribution in [0.4, 0.5) is 22.0 Å². The van der Waals surface area contributed by atoms with E-state index in [-0.39, 0.29) is 4.90 Å². The highest BCUT2D eigenvalue weighted by Gasteiger charge is 2.58. The second-order valence-electron chi connectivity index (χ2n) is 2.63. The average molecular weight is 385 g/mol. The van der Waals surface area contributed by atoms with Gasteiger partial charge in [0.1, 0.15) is 0 Å². The quantitative estimate of drug-likeness (QED) is 0.495. The molecule has 1 aromatic rings. The van der Waals surface area contributed by atoms with Crippen LogP contribution in [-0.4, -0.2) is 11.4 Å². The minimum atomic E-state index is -5.57. The van der Waals surface area contributed by atoms with Crippen molar-refractivity contribution in [2.24, 2.45) is 0 Å². The van der Waals surface area contributed by atoms with Crippen LogP contribution in [0.15, 0.2) is 26.0 Å². The molecule has 0 aliphatic rings. The van der Waals surface area contributed by atoms with Crippen molar-refractivity contribution >= 4 is 43.6 Å². The van der Waals surface area contributed by atoms with Gasteiger partial charge in [-0.1, -0.05) is 31.9 Å². The second-order valence-corrected chi connectivity index (χ2v) is 5.53. The van der Waals surface area contributed by atoms with Crippen LogP contribution in [0, 0.1) is 6.07 Å². The third-order valence-electron chi connectivity index (χ3n) is 1.35. The normalized spacial score (nSPS) is 12.9. The van der Waals surface area contributed by atoms with Crippen LogP contribution in [0.3, 0.4) is 0 Å². The van der Waals surface area contributed by atoms with Crippen LogP contribution in [0.5, 0.6) is 0 Å².